The number of carbonyl (C=O) groups excluding carboxylic acids is 2. The van der Waals surface area contributed by atoms with Crippen LogP contribution in [0.3, 0.4) is 0 Å². The fourth-order valence-electron chi connectivity index (χ4n) is 5.78. The van der Waals surface area contributed by atoms with E-state index in [1.807, 2.05) is 12.1 Å². The summed E-state index contributed by atoms with van der Waals surface area (Å²) in [7, 11) is 3.19. The van der Waals surface area contributed by atoms with Crippen molar-refractivity contribution in [2.45, 2.75) is 70.1 Å². The highest BCUT2D eigenvalue weighted by molar-refractivity contribution is 7.16. The van der Waals surface area contributed by atoms with Gasteiger partial charge in [0, 0.05) is 46.5 Å². The Balaban J connectivity index is 1.65. The Hall–Kier alpha value is -3.11. The molecule has 1 aromatic heterocycles. The summed E-state index contributed by atoms with van der Waals surface area (Å²) in [6.07, 6.45) is 8.38. The number of fused-ring (bicyclic) bond motifs is 1. The van der Waals surface area contributed by atoms with Gasteiger partial charge < -0.3 is 9.47 Å². The highest BCUT2D eigenvalue weighted by Crippen LogP contribution is 2.49. The largest absolute Gasteiger partial charge is 0.497 e. The van der Waals surface area contributed by atoms with Crippen molar-refractivity contribution in [3.8, 4) is 17.6 Å². The molecule has 0 spiro atoms. The van der Waals surface area contributed by atoms with Crippen LogP contribution in [0.1, 0.15) is 78.9 Å². The Morgan fingerprint density at radius 3 is 2.54 bits per heavy atom. The van der Waals surface area contributed by atoms with E-state index < -0.39 is 0 Å². The van der Waals surface area contributed by atoms with Gasteiger partial charge in [0.25, 0.3) is 0 Å². The van der Waals surface area contributed by atoms with Crippen LogP contribution in [0.2, 0.25) is 0 Å². The molecule has 1 amide bonds. The minimum absolute atomic E-state index is 0.0629. The Morgan fingerprint density at radius 1 is 1.00 bits per heavy atom. The Morgan fingerprint density at radius 2 is 1.80 bits per heavy atom. The summed E-state index contributed by atoms with van der Waals surface area (Å²) >= 11 is 1.58. The van der Waals surface area contributed by atoms with Crippen LogP contribution in [-0.2, 0) is 22.4 Å². The fourth-order valence-corrected chi connectivity index (χ4v) is 7.16. The lowest BCUT2D eigenvalue weighted by atomic mass is 9.77. The Kier molecular flexibility index (Phi) is 6.66. The number of thiophene rings is 1. The van der Waals surface area contributed by atoms with Gasteiger partial charge in [-0.05, 0) is 50.2 Å². The number of nitrogens with zero attached hydrogens (tertiary/aromatic N) is 2. The number of nitriles is 1. The molecule has 0 radical (unpaired) electrons. The van der Waals surface area contributed by atoms with Gasteiger partial charge in [-0.3, -0.25) is 14.5 Å². The molecule has 0 saturated carbocycles. The van der Waals surface area contributed by atoms with Crippen LogP contribution in [-0.4, -0.2) is 25.9 Å². The van der Waals surface area contributed by atoms with Crippen molar-refractivity contribution in [2.75, 3.05) is 19.1 Å². The highest BCUT2D eigenvalue weighted by atomic mass is 32.1. The third-order valence-electron chi connectivity index (χ3n) is 7.46. The van der Waals surface area contributed by atoms with Crippen LogP contribution < -0.4 is 14.4 Å². The predicted molar refractivity (Wildman–Crippen MR) is 135 cm³/mol. The van der Waals surface area contributed by atoms with E-state index in [1.54, 1.807) is 36.5 Å². The van der Waals surface area contributed by atoms with Gasteiger partial charge in [0.1, 0.15) is 22.6 Å². The number of anilines is 1. The zero-order valence-electron chi connectivity index (χ0n) is 20.3. The summed E-state index contributed by atoms with van der Waals surface area (Å²) in [5.41, 5.74) is 4.03. The third-order valence-corrected chi connectivity index (χ3v) is 8.74. The van der Waals surface area contributed by atoms with E-state index in [0.717, 1.165) is 42.5 Å². The SMILES string of the molecule is COc1ccc(C2CC(=O)N(c3sc4c(c3C#N)CCCCCC4)C3=C2C(=O)CCC3)c(OC)c1. The first-order chi connectivity index (χ1) is 17.1. The molecule has 6 nitrogen and oxygen atoms in total. The van der Waals surface area contributed by atoms with E-state index in [1.165, 1.54) is 17.7 Å². The van der Waals surface area contributed by atoms with Crippen LogP contribution in [0.15, 0.2) is 29.5 Å². The minimum Gasteiger partial charge on any atom is -0.497 e. The number of hydrogen-bond acceptors (Lipinski definition) is 6. The van der Waals surface area contributed by atoms with Crippen LogP contribution in [0.5, 0.6) is 11.5 Å². The molecule has 35 heavy (non-hydrogen) atoms. The number of amides is 1. The van der Waals surface area contributed by atoms with Gasteiger partial charge in [-0.15, -0.1) is 11.3 Å². The predicted octanol–water partition coefficient (Wildman–Crippen LogP) is 5.82. The molecule has 182 valence electrons. The third kappa shape index (κ3) is 4.14. The lowest BCUT2D eigenvalue weighted by molar-refractivity contribution is -0.119. The minimum atomic E-state index is -0.367. The molecule has 5 rings (SSSR count). The number of ketones is 1. The Bertz CT molecular complexity index is 1250. The normalized spacial score (nSPS) is 20.5. The van der Waals surface area contributed by atoms with Crippen molar-refractivity contribution in [3.63, 3.8) is 0 Å². The van der Waals surface area contributed by atoms with E-state index in [-0.39, 0.29) is 24.0 Å². The average molecular weight is 491 g/mol. The molecule has 1 unspecified atom stereocenters. The highest BCUT2D eigenvalue weighted by Gasteiger charge is 2.42. The zero-order chi connectivity index (χ0) is 24.5. The summed E-state index contributed by atoms with van der Waals surface area (Å²) in [5.74, 6) is 0.923. The maximum absolute atomic E-state index is 13.8. The van der Waals surface area contributed by atoms with Gasteiger partial charge >= 0.3 is 0 Å². The number of methoxy groups -OCH3 is 2. The molecule has 1 atom stereocenters. The van der Waals surface area contributed by atoms with Crippen molar-refractivity contribution in [3.05, 3.63) is 51.0 Å². The summed E-state index contributed by atoms with van der Waals surface area (Å²) in [6.45, 7) is 0. The monoisotopic (exact) mass is 490 g/mol. The number of benzene rings is 1. The number of Topliss-reactive ketones (excluding diaryl/α,β-unsaturated/α-hetero) is 1. The Labute approximate surface area is 210 Å². The number of hydrogen-bond donors (Lipinski definition) is 0. The summed E-state index contributed by atoms with van der Waals surface area (Å²) in [4.78, 5) is 30.1. The second kappa shape index (κ2) is 9.87. The molecule has 2 heterocycles. The van der Waals surface area contributed by atoms with E-state index in [0.29, 0.717) is 46.9 Å². The van der Waals surface area contributed by atoms with E-state index in [2.05, 4.69) is 6.07 Å². The lowest BCUT2D eigenvalue weighted by Gasteiger charge is -2.38. The number of ether oxygens (including phenoxy) is 2. The van der Waals surface area contributed by atoms with Gasteiger partial charge in [-0.2, -0.15) is 5.26 Å². The number of aryl methyl sites for hydroxylation is 1. The molecule has 1 aliphatic heterocycles. The average Bonchev–Trinajstić information content (AvgIpc) is 3.18. The van der Waals surface area contributed by atoms with Crippen molar-refractivity contribution in [1.29, 1.82) is 5.26 Å². The summed E-state index contributed by atoms with van der Waals surface area (Å²) < 4.78 is 11.0. The quantitative estimate of drug-likeness (QED) is 0.539. The first-order valence-corrected chi connectivity index (χ1v) is 13.2. The number of allylic oxidation sites excluding steroid dienone is 2. The fraction of sp³-hybridized carbons (Fsp3) is 0.464. The smallest absolute Gasteiger partial charge is 0.232 e. The van der Waals surface area contributed by atoms with Crippen LogP contribution >= 0.6 is 11.3 Å². The molecule has 0 N–H and O–H groups in total. The maximum atomic E-state index is 13.8. The van der Waals surface area contributed by atoms with Crippen LogP contribution in [0.25, 0.3) is 0 Å². The van der Waals surface area contributed by atoms with Gasteiger partial charge in [-0.25, -0.2) is 0 Å². The summed E-state index contributed by atoms with van der Waals surface area (Å²) in [5, 5.41) is 10.9. The first-order valence-electron chi connectivity index (χ1n) is 12.4. The van der Waals surface area contributed by atoms with E-state index in [4.69, 9.17) is 9.47 Å². The molecule has 2 aliphatic carbocycles. The molecule has 0 saturated heterocycles. The van der Waals surface area contributed by atoms with Crippen LogP contribution in [0, 0.1) is 11.3 Å². The van der Waals surface area contributed by atoms with Gasteiger partial charge in [0.05, 0.1) is 19.8 Å². The molecule has 1 aromatic carbocycles. The second-order valence-electron chi connectivity index (χ2n) is 9.44. The molecule has 7 heteroatoms. The van der Waals surface area contributed by atoms with Crippen LogP contribution in [0.4, 0.5) is 5.00 Å². The van der Waals surface area contributed by atoms with E-state index >= 15 is 0 Å². The van der Waals surface area contributed by atoms with E-state index in [9.17, 15) is 14.9 Å². The topological polar surface area (TPSA) is 79.6 Å². The molecule has 2 aromatic rings. The molecule has 0 fully saturated rings. The second-order valence-corrected chi connectivity index (χ2v) is 10.5. The molecular formula is C28H30N2O4S. The summed E-state index contributed by atoms with van der Waals surface area (Å²) in [6, 6.07) is 7.96. The first kappa shape index (κ1) is 23.6. The van der Waals surface area contributed by atoms with Crippen molar-refractivity contribution in [2.24, 2.45) is 0 Å². The number of carbonyl (C=O) groups is 2. The van der Waals surface area contributed by atoms with Gasteiger partial charge in [0.15, 0.2) is 5.78 Å². The van der Waals surface area contributed by atoms with Crippen molar-refractivity contribution < 1.29 is 19.1 Å². The van der Waals surface area contributed by atoms with Crippen molar-refractivity contribution in [1.82, 2.24) is 0 Å². The lowest BCUT2D eigenvalue weighted by Crippen LogP contribution is -2.40. The van der Waals surface area contributed by atoms with Crippen molar-refractivity contribution >= 4 is 28.0 Å². The molecule has 3 aliphatic rings. The van der Waals surface area contributed by atoms with Gasteiger partial charge in [-0.1, -0.05) is 18.9 Å². The van der Waals surface area contributed by atoms with Gasteiger partial charge in [0.2, 0.25) is 5.91 Å². The number of rotatable bonds is 4. The zero-order valence-corrected chi connectivity index (χ0v) is 21.1. The standard InChI is InChI=1S/C28H30N2O4S/c1-33-17-12-13-18(24(14-17)34-2)20-15-26(32)30(22-9-7-10-23(31)27(20)22)28-21(16-29)19-8-5-3-4-6-11-25(19)35-28/h12-14,20H,3-11,15H2,1-2H3. The maximum Gasteiger partial charge on any atom is 0.232 e. The molecular weight excluding hydrogens is 460 g/mol. The molecule has 0 bridgehead atoms.